The first kappa shape index (κ1) is 17.1. The van der Waals surface area contributed by atoms with Crippen molar-refractivity contribution in [1.82, 2.24) is 19.8 Å². The molecule has 3 rings (SSSR count). The molecule has 0 saturated carbocycles. The van der Waals surface area contributed by atoms with Gasteiger partial charge in [-0.05, 0) is 27.7 Å². The number of nitrogens with zero attached hydrogens (tertiary/aromatic N) is 4. The maximum atomic E-state index is 10.4. The molecule has 0 aromatic carbocycles. The molecule has 2 aromatic rings. The Balaban J connectivity index is 1.68. The Morgan fingerprint density at radius 1 is 0.958 bits per heavy atom. The van der Waals surface area contributed by atoms with Crippen LogP contribution in [0.25, 0.3) is 0 Å². The third-order valence-corrected chi connectivity index (χ3v) is 4.65. The summed E-state index contributed by atoms with van der Waals surface area (Å²) in [6, 6.07) is 0.0696. The number of oxazole rings is 2. The van der Waals surface area contributed by atoms with Crippen LogP contribution in [-0.4, -0.2) is 57.2 Å². The molecular weight excluding hydrogens is 308 g/mol. The lowest BCUT2D eigenvalue weighted by Gasteiger charge is -2.27. The first-order valence-corrected chi connectivity index (χ1v) is 8.45. The summed E-state index contributed by atoms with van der Waals surface area (Å²) >= 11 is 0. The van der Waals surface area contributed by atoms with Gasteiger partial charge in [-0.2, -0.15) is 0 Å². The molecule has 2 unspecified atom stereocenters. The SMILES string of the molecule is Cc1cnc(C(C)N2CCN(C(C)c3ncc(C)o3)CC(O)C2)o1. The highest BCUT2D eigenvalue weighted by atomic mass is 16.4. The third-order valence-electron chi connectivity index (χ3n) is 4.65. The average molecular weight is 334 g/mol. The monoisotopic (exact) mass is 334 g/mol. The Bertz CT molecular complexity index is 612. The van der Waals surface area contributed by atoms with Gasteiger partial charge in [0.2, 0.25) is 11.8 Å². The minimum Gasteiger partial charge on any atom is -0.444 e. The van der Waals surface area contributed by atoms with Gasteiger partial charge in [-0.1, -0.05) is 0 Å². The van der Waals surface area contributed by atoms with Gasteiger partial charge in [-0.15, -0.1) is 0 Å². The van der Waals surface area contributed by atoms with Crippen molar-refractivity contribution in [1.29, 1.82) is 0 Å². The molecule has 2 aromatic heterocycles. The molecule has 1 aliphatic rings. The number of aromatic nitrogens is 2. The molecule has 0 bridgehead atoms. The van der Waals surface area contributed by atoms with Crippen molar-refractivity contribution in [3.05, 3.63) is 35.7 Å². The Morgan fingerprint density at radius 2 is 1.38 bits per heavy atom. The van der Waals surface area contributed by atoms with Crippen molar-refractivity contribution < 1.29 is 13.9 Å². The van der Waals surface area contributed by atoms with E-state index in [9.17, 15) is 5.11 Å². The number of aryl methyl sites for hydroxylation is 2. The van der Waals surface area contributed by atoms with Gasteiger partial charge in [0.25, 0.3) is 0 Å². The molecule has 24 heavy (non-hydrogen) atoms. The minimum absolute atomic E-state index is 0.0348. The van der Waals surface area contributed by atoms with E-state index in [1.54, 1.807) is 12.4 Å². The predicted molar refractivity (Wildman–Crippen MR) is 88.5 cm³/mol. The van der Waals surface area contributed by atoms with Gasteiger partial charge < -0.3 is 13.9 Å². The van der Waals surface area contributed by atoms with Crippen LogP contribution < -0.4 is 0 Å². The molecule has 1 fully saturated rings. The lowest BCUT2D eigenvalue weighted by molar-refractivity contribution is 0.0818. The van der Waals surface area contributed by atoms with Crippen LogP contribution in [0, 0.1) is 13.8 Å². The largest absolute Gasteiger partial charge is 0.444 e. The standard InChI is InChI=1S/C17H26N4O3/c1-11-7-18-16(23-11)13(3)20-5-6-21(10-15(22)9-20)14(4)17-19-8-12(2)24-17/h7-8,13-15,22H,5-6,9-10H2,1-4H3. The Hall–Kier alpha value is -1.70. The van der Waals surface area contributed by atoms with Crippen molar-refractivity contribution in [2.45, 2.75) is 45.9 Å². The molecule has 0 aliphatic carbocycles. The summed E-state index contributed by atoms with van der Waals surface area (Å²) in [5.41, 5.74) is 0. The number of rotatable bonds is 4. The van der Waals surface area contributed by atoms with Crippen LogP contribution in [0.1, 0.15) is 49.2 Å². The van der Waals surface area contributed by atoms with Gasteiger partial charge in [-0.3, -0.25) is 9.80 Å². The molecule has 1 saturated heterocycles. The summed E-state index contributed by atoms with van der Waals surface area (Å²) in [6.45, 7) is 10.7. The van der Waals surface area contributed by atoms with Crippen LogP contribution in [-0.2, 0) is 0 Å². The summed E-state index contributed by atoms with van der Waals surface area (Å²) in [4.78, 5) is 13.1. The van der Waals surface area contributed by atoms with Gasteiger partial charge in [0.15, 0.2) is 0 Å². The normalized spacial score (nSPS) is 23.1. The van der Waals surface area contributed by atoms with Crippen molar-refractivity contribution in [3.8, 4) is 0 Å². The van der Waals surface area contributed by atoms with Crippen molar-refractivity contribution >= 4 is 0 Å². The van der Waals surface area contributed by atoms with Crippen LogP contribution in [0.15, 0.2) is 21.2 Å². The van der Waals surface area contributed by atoms with Crippen LogP contribution in [0.4, 0.5) is 0 Å². The van der Waals surface area contributed by atoms with Crippen molar-refractivity contribution in [2.75, 3.05) is 26.2 Å². The summed E-state index contributed by atoms with van der Waals surface area (Å²) in [5.74, 6) is 3.01. The van der Waals surface area contributed by atoms with Gasteiger partial charge in [0, 0.05) is 26.2 Å². The summed E-state index contributed by atoms with van der Waals surface area (Å²) < 4.78 is 11.3. The molecular formula is C17H26N4O3. The molecule has 132 valence electrons. The van der Waals surface area contributed by atoms with E-state index in [2.05, 4.69) is 33.6 Å². The maximum absolute atomic E-state index is 10.4. The fraction of sp³-hybridized carbons (Fsp3) is 0.647. The zero-order valence-corrected chi connectivity index (χ0v) is 14.8. The van der Waals surface area contributed by atoms with Gasteiger partial charge in [0.05, 0.1) is 30.6 Å². The van der Waals surface area contributed by atoms with Crippen LogP contribution in [0.3, 0.4) is 0 Å². The Morgan fingerprint density at radius 3 is 1.71 bits per heavy atom. The first-order chi connectivity index (χ1) is 11.4. The molecule has 1 N–H and O–H groups in total. The number of aliphatic hydroxyl groups excluding tert-OH is 1. The minimum atomic E-state index is -0.440. The fourth-order valence-corrected chi connectivity index (χ4v) is 3.19. The molecule has 2 atom stereocenters. The smallest absolute Gasteiger partial charge is 0.211 e. The molecule has 0 amide bonds. The zero-order chi connectivity index (χ0) is 17.3. The number of hydrogen-bond donors (Lipinski definition) is 1. The molecule has 1 aliphatic heterocycles. The lowest BCUT2D eigenvalue weighted by atomic mass is 10.2. The molecule has 0 radical (unpaired) electrons. The fourth-order valence-electron chi connectivity index (χ4n) is 3.19. The van der Waals surface area contributed by atoms with Gasteiger partial charge >= 0.3 is 0 Å². The number of hydrogen-bond acceptors (Lipinski definition) is 7. The second-order valence-electron chi connectivity index (χ2n) is 6.61. The Kier molecular flexibility index (Phi) is 5.03. The highest BCUT2D eigenvalue weighted by Crippen LogP contribution is 2.25. The molecule has 3 heterocycles. The molecule has 7 heteroatoms. The van der Waals surface area contributed by atoms with E-state index in [0.29, 0.717) is 24.9 Å². The van der Waals surface area contributed by atoms with E-state index < -0.39 is 6.10 Å². The quantitative estimate of drug-likeness (QED) is 0.917. The summed E-state index contributed by atoms with van der Waals surface area (Å²) in [5, 5.41) is 10.4. The Labute approximate surface area is 142 Å². The maximum Gasteiger partial charge on any atom is 0.211 e. The number of β-amino-alcohol motifs (C(OH)–C–C–N with tert-alkyl or cyclic N) is 1. The van der Waals surface area contributed by atoms with Crippen LogP contribution >= 0.6 is 0 Å². The lowest BCUT2D eigenvalue weighted by Crippen LogP contribution is -2.35. The number of aliphatic hydroxyl groups is 1. The van der Waals surface area contributed by atoms with E-state index in [-0.39, 0.29) is 12.1 Å². The van der Waals surface area contributed by atoms with Crippen LogP contribution in [0.2, 0.25) is 0 Å². The molecule has 0 spiro atoms. The van der Waals surface area contributed by atoms with E-state index >= 15 is 0 Å². The topological polar surface area (TPSA) is 78.8 Å². The van der Waals surface area contributed by atoms with E-state index in [1.807, 2.05) is 13.8 Å². The van der Waals surface area contributed by atoms with E-state index in [0.717, 1.165) is 24.6 Å². The van der Waals surface area contributed by atoms with E-state index in [1.165, 1.54) is 0 Å². The van der Waals surface area contributed by atoms with Gasteiger partial charge in [0.1, 0.15) is 11.5 Å². The molecule has 7 nitrogen and oxygen atoms in total. The van der Waals surface area contributed by atoms with Crippen molar-refractivity contribution in [3.63, 3.8) is 0 Å². The van der Waals surface area contributed by atoms with Gasteiger partial charge in [-0.25, -0.2) is 9.97 Å². The second kappa shape index (κ2) is 7.04. The highest BCUT2D eigenvalue weighted by Gasteiger charge is 2.30. The first-order valence-electron chi connectivity index (χ1n) is 8.45. The summed E-state index contributed by atoms with van der Waals surface area (Å²) in [7, 11) is 0. The van der Waals surface area contributed by atoms with Crippen LogP contribution in [0.5, 0.6) is 0 Å². The predicted octanol–water partition coefficient (Wildman–Crippen LogP) is 2.08. The van der Waals surface area contributed by atoms with E-state index in [4.69, 9.17) is 8.83 Å². The third kappa shape index (κ3) is 3.68. The van der Waals surface area contributed by atoms with Crippen molar-refractivity contribution in [2.24, 2.45) is 0 Å². The average Bonchev–Trinajstić information content (AvgIpc) is 3.11. The summed E-state index contributed by atoms with van der Waals surface area (Å²) in [6.07, 6.45) is 3.03. The second-order valence-corrected chi connectivity index (χ2v) is 6.61. The highest BCUT2D eigenvalue weighted by molar-refractivity contribution is 4.99. The zero-order valence-electron chi connectivity index (χ0n) is 14.8.